The molecule has 6 heteroatoms. The van der Waals surface area contributed by atoms with Crippen LogP contribution >= 0.6 is 0 Å². The molecule has 0 aromatic rings. The van der Waals surface area contributed by atoms with E-state index in [-0.39, 0.29) is 5.91 Å². The molecule has 0 aromatic carbocycles. The maximum absolute atomic E-state index is 11.8. The molecular weight excluding hydrogens is 211 g/mol. The largest absolute Gasteiger partial charge is 0.522 e. The lowest BCUT2D eigenvalue weighted by Gasteiger charge is -2.23. The number of amides is 1. The Morgan fingerprint density at radius 1 is 1.60 bits per heavy atom. The Labute approximate surface area is 85.5 Å². The van der Waals surface area contributed by atoms with E-state index in [0.29, 0.717) is 19.4 Å². The van der Waals surface area contributed by atoms with Crippen LogP contribution in [0.5, 0.6) is 0 Å². The van der Waals surface area contributed by atoms with E-state index in [0.717, 1.165) is 6.08 Å². The lowest BCUT2D eigenvalue weighted by molar-refractivity contribution is -0.327. The van der Waals surface area contributed by atoms with Gasteiger partial charge in [0.2, 0.25) is 5.91 Å². The van der Waals surface area contributed by atoms with Crippen molar-refractivity contribution in [1.82, 2.24) is 4.90 Å². The molecule has 0 saturated carbocycles. The van der Waals surface area contributed by atoms with Gasteiger partial charge in [0.25, 0.3) is 0 Å². The molecule has 0 radical (unpaired) electrons. The van der Waals surface area contributed by atoms with Crippen LogP contribution in [0.2, 0.25) is 0 Å². The van der Waals surface area contributed by atoms with E-state index in [1.54, 1.807) is 0 Å². The monoisotopic (exact) mass is 223 g/mol. The van der Waals surface area contributed by atoms with Crippen molar-refractivity contribution in [1.29, 1.82) is 0 Å². The minimum absolute atomic E-state index is 0.344. The number of alkyl halides is 3. The van der Waals surface area contributed by atoms with Crippen molar-refractivity contribution < 1.29 is 22.7 Å². The zero-order valence-electron chi connectivity index (χ0n) is 8.09. The van der Waals surface area contributed by atoms with Crippen molar-refractivity contribution in [3.63, 3.8) is 0 Å². The van der Waals surface area contributed by atoms with Crippen LogP contribution < -0.4 is 0 Å². The molecule has 0 spiro atoms. The van der Waals surface area contributed by atoms with Crippen LogP contribution in [0.4, 0.5) is 13.2 Å². The summed E-state index contributed by atoms with van der Waals surface area (Å²) in [7, 11) is 0. The van der Waals surface area contributed by atoms with Crippen LogP contribution in [0.15, 0.2) is 12.7 Å². The first-order valence-electron chi connectivity index (χ1n) is 4.58. The number of carbonyl (C=O) groups is 1. The number of nitrogens with zero attached hydrogens (tertiary/aromatic N) is 1. The molecule has 1 fully saturated rings. The molecule has 1 rings (SSSR count). The number of carbonyl (C=O) groups excluding carboxylic acids is 1. The maximum atomic E-state index is 11.8. The Balaban J connectivity index is 2.47. The average Bonchev–Trinajstić information content (AvgIpc) is 2.60. The van der Waals surface area contributed by atoms with Crippen LogP contribution in [0.25, 0.3) is 0 Å². The van der Waals surface area contributed by atoms with Gasteiger partial charge in [-0.1, -0.05) is 6.58 Å². The summed E-state index contributed by atoms with van der Waals surface area (Å²) >= 11 is 0. The summed E-state index contributed by atoms with van der Waals surface area (Å²) in [6.45, 7) is 3.27. The van der Waals surface area contributed by atoms with E-state index in [2.05, 4.69) is 11.3 Å². The number of rotatable bonds is 3. The third-order valence-corrected chi connectivity index (χ3v) is 2.27. The molecule has 3 nitrogen and oxygen atoms in total. The Morgan fingerprint density at radius 3 is 2.80 bits per heavy atom. The highest BCUT2D eigenvalue weighted by molar-refractivity contribution is 5.87. The summed E-state index contributed by atoms with van der Waals surface area (Å²) in [5, 5.41) is 0. The van der Waals surface area contributed by atoms with Gasteiger partial charge in [-0.05, 0) is 18.9 Å². The fourth-order valence-electron chi connectivity index (χ4n) is 1.61. The van der Waals surface area contributed by atoms with E-state index in [9.17, 15) is 18.0 Å². The first-order valence-corrected chi connectivity index (χ1v) is 4.58. The van der Waals surface area contributed by atoms with Gasteiger partial charge in [0.1, 0.15) is 0 Å². The zero-order valence-corrected chi connectivity index (χ0v) is 8.09. The summed E-state index contributed by atoms with van der Waals surface area (Å²) < 4.78 is 39.0. The van der Waals surface area contributed by atoms with Gasteiger partial charge in [-0.2, -0.15) is 0 Å². The fraction of sp³-hybridized carbons (Fsp3) is 0.667. The van der Waals surface area contributed by atoms with Crippen molar-refractivity contribution in [3.05, 3.63) is 12.7 Å². The van der Waals surface area contributed by atoms with Crippen LogP contribution in [0.1, 0.15) is 12.8 Å². The predicted molar refractivity (Wildman–Crippen MR) is 46.9 cm³/mol. The van der Waals surface area contributed by atoms with Gasteiger partial charge >= 0.3 is 6.36 Å². The summed E-state index contributed by atoms with van der Waals surface area (Å²) in [5.74, 6) is -0.344. The van der Waals surface area contributed by atoms with Crippen LogP contribution in [-0.4, -0.2) is 36.4 Å². The van der Waals surface area contributed by atoms with E-state index < -0.39 is 19.0 Å². The molecule has 1 atom stereocenters. The van der Waals surface area contributed by atoms with Crippen LogP contribution in [0.3, 0.4) is 0 Å². The number of ether oxygens (including phenoxy) is 1. The fourth-order valence-corrected chi connectivity index (χ4v) is 1.61. The van der Waals surface area contributed by atoms with Crippen molar-refractivity contribution >= 4 is 5.91 Å². The Morgan fingerprint density at radius 2 is 2.27 bits per heavy atom. The Kier molecular flexibility index (Phi) is 3.73. The SMILES string of the molecule is C=CC(=O)N1CCCC1COC(F)(F)F. The predicted octanol–water partition coefficient (Wildman–Crippen LogP) is 1.70. The minimum Gasteiger partial charge on any atom is -0.334 e. The molecule has 15 heavy (non-hydrogen) atoms. The first kappa shape index (κ1) is 12.0. The first-order chi connectivity index (χ1) is 6.94. The van der Waals surface area contributed by atoms with Gasteiger partial charge in [-0.3, -0.25) is 9.53 Å². The Bertz CT molecular complexity index is 252. The van der Waals surface area contributed by atoms with E-state index in [1.165, 1.54) is 4.90 Å². The third kappa shape index (κ3) is 3.54. The van der Waals surface area contributed by atoms with Gasteiger partial charge in [-0.15, -0.1) is 13.2 Å². The van der Waals surface area contributed by atoms with Crippen LogP contribution in [0, 0.1) is 0 Å². The van der Waals surface area contributed by atoms with Gasteiger partial charge in [0.15, 0.2) is 0 Å². The number of halogens is 3. The van der Waals surface area contributed by atoms with Crippen molar-refractivity contribution in [2.75, 3.05) is 13.2 Å². The molecule has 1 aliphatic rings. The zero-order chi connectivity index (χ0) is 11.5. The second-order valence-corrected chi connectivity index (χ2v) is 3.29. The van der Waals surface area contributed by atoms with E-state index in [4.69, 9.17) is 0 Å². The molecule has 1 aliphatic heterocycles. The molecule has 0 aliphatic carbocycles. The highest BCUT2D eigenvalue weighted by Gasteiger charge is 2.34. The van der Waals surface area contributed by atoms with Gasteiger partial charge in [0.05, 0.1) is 12.6 Å². The lowest BCUT2D eigenvalue weighted by atomic mass is 10.2. The molecule has 1 unspecified atom stereocenters. The third-order valence-electron chi connectivity index (χ3n) is 2.27. The lowest BCUT2D eigenvalue weighted by Crippen LogP contribution is -2.38. The number of hydrogen-bond acceptors (Lipinski definition) is 2. The normalized spacial score (nSPS) is 21.8. The molecular formula is C9H12F3NO2. The summed E-state index contributed by atoms with van der Waals surface area (Å²) in [5.41, 5.74) is 0. The van der Waals surface area contributed by atoms with Gasteiger partial charge < -0.3 is 4.90 Å². The van der Waals surface area contributed by atoms with Crippen LogP contribution in [-0.2, 0) is 9.53 Å². The number of hydrogen-bond donors (Lipinski definition) is 0. The molecule has 86 valence electrons. The summed E-state index contributed by atoms with van der Waals surface area (Å²) in [4.78, 5) is 12.6. The molecule has 0 aromatic heterocycles. The summed E-state index contributed by atoms with van der Waals surface area (Å²) in [6, 6.07) is -0.489. The molecule has 1 heterocycles. The Hall–Kier alpha value is -1.04. The van der Waals surface area contributed by atoms with E-state index >= 15 is 0 Å². The quantitative estimate of drug-likeness (QED) is 0.681. The second-order valence-electron chi connectivity index (χ2n) is 3.29. The summed E-state index contributed by atoms with van der Waals surface area (Å²) in [6.07, 6.45) is -2.29. The van der Waals surface area contributed by atoms with Crippen molar-refractivity contribution in [2.24, 2.45) is 0 Å². The second kappa shape index (κ2) is 4.65. The molecule has 1 amide bonds. The van der Waals surface area contributed by atoms with Gasteiger partial charge in [-0.25, -0.2) is 0 Å². The highest BCUT2D eigenvalue weighted by Crippen LogP contribution is 2.22. The standard InChI is InChI=1S/C9H12F3NO2/c1-2-8(14)13-5-3-4-7(13)6-15-9(10,11)12/h2,7H,1,3-6H2. The minimum atomic E-state index is -4.63. The molecule has 1 saturated heterocycles. The van der Waals surface area contributed by atoms with Gasteiger partial charge in [0, 0.05) is 6.54 Å². The number of likely N-dealkylation sites (tertiary alicyclic amines) is 1. The molecule has 0 N–H and O–H groups in total. The topological polar surface area (TPSA) is 29.5 Å². The molecule has 0 bridgehead atoms. The maximum Gasteiger partial charge on any atom is 0.522 e. The smallest absolute Gasteiger partial charge is 0.334 e. The highest BCUT2D eigenvalue weighted by atomic mass is 19.4. The van der Waals surface area contributed by atoms with Crippen molar-refractivity contribution in [3.8, 4) is 0 Å². The average molecular weight is 223 g/mol. The van der Waals surface area contributed by atoms with E-state index in [1.807, 2.05) is 0 Å². The van der Waals surface area contributed by atoms with Crippen molar-refractivity contribution in [2.45, 2.75) is 25.2 Å².